The Balaban J connectivity index is 4.36. The summed E-state index contributed by atoms with van der Waals surface area (Å²) in [6.45, 7) is 10.5. The van der Waals surface area contributed by atoms with E-state index in [1.807, 2.05) is 34.6 Å². The fourth-order valence-corrected chi connectivity index (χ4v) is 2.11. The zero-order valence-electron chi connectivity index (χ0n) is 11.0. The highest BCUT2D eigenvalue weighted by molar-refractivity contribution is 5.80. The van der Waals surface area contributed by atoms with Gasteiger partial charge in [-0.1, -0.05) is 34.6 Å². The Labute approximate surface area is 98.0 Å². The molecule has 3 N–H and O–H groups in total. The van der Waals surface area contributed by atoms with Gasteiger partial charge in [0.15, 0.2) is 0 Å². The van der Waals surface area contributed by atoms with Crippen LogP contribution in [0.5, 0.6) is 0 Å². The molecule has 0 fully saturated rings. The molecule has 4 nitrogen and oxygen atoms in total. The van der Waals surface area contributed by atoms with Gasteiger partial charge in [0.1, 0.15) is 0 Å². The first-order valence-electron chi connectivity index (χ1n) is 5.72. The van der Waals surface area contributed by atoms with Crippen LogP contribution in [0.25, 0.3) is 0 Å². The lowest BCUT2D eigenvalue weighted by Crippen LogP contribution is -2.41. The second-order valence-electron chi connectivity index (χ2n) is 5.60. The maximum absolute atomic E-state index is 11.9. The van der Waals surface area contributed by atoms with E-state index in [0.29, 0.717) is 6.54 Å². The van der Waals surface area contributed by atoms with Crippen molar-refractivity contribution in [3.63, 3.8) is 0 Å². The lowest BCUT2D eigenvalue weighted by molar-refractivity contribution is -0.130. The number of hydrogen-bond donors (Lipinski definition) is 2. The first-order valence-corrected chi connectivity index (χ1v) is 5.72. The van der Waals surface area contributed by atoms with Crippen molar-refractivity contribution in [3.05, 3.63) is 0 Å². The summed E-state index contributed by atoms with van der Waals surface area (Å²) < 4.78 is 0. The summed E-state index contributed by atoms with van der Waals surface area (Å²) in [5, 5.41) is 2.76. The Morgan fingerprint density at radius 1 is 1.25 bits per heavy atom. The topological polar surface area (TPSA) is 72.2 Å². The van der Waals surface area contributed by atoms with Crippen molar-refractivity contribution >= 4 is 11.8 Å². The van der Waals surface area contributed by atoms with Crippen LogP contribution < -0.4 is 11.1 Å². The third kappa shape index (κ3) is 5.14. The predicted octanol–water partition coefficient (Wildman–Crippen LogP) is 1.30. The Bertz CT molecular complexity index is 254. The van der Waals surface area contributed by atoms with E-state index in [-0.39, 0.29) is 29.6 Å². The molecule has 0 rings (SSSR count). The molecule has 0 saturated carbocycles. The van der Waals surface area contributed by atoms with E-state index < -0.39 is 5.91 Å². The largest absolute Gasteiger partial charge is 0.370 e. The molecule has 4 heteroatoms. The molecule has 0 spiro atoms. The maximum Gasteiger partial charge on any atom is 0.223 e. The first-order chi connectivity index (χ1) is 7.16. The molecule has 94 valence electrons. The summed E-state index contributed by atoms with van der Waals surface area (Å²) in [6, 6.07) is 0. The van der Waals surface area contributed by atoms with Crippen molar-refractivity contribution in [1.29, 1.82) is 0 Å². The molecule has 0 aromatic rings. The zero-order valence-corrected chi connectivity index (χ0v) is 11.0. The fourth-order valence-electron chi connectivity index (χ4n) is 2.11. The molecular weight excluding hydrogens is 204 g/mol. The van der Waals surface area contributed by atoms with E-state index >= 15 is 0 Å². The smallest absolute Gasteiger partial charge is 0.223 e. The Morgan fingerprint density at radius 2 is 1.75 bits per heavy atom. The van der Waals surface area contributed by atoms with Gasteiger partial charge in [-0.3, -0.25) is 9.59 Å². The average Bonchev–Trinajstić information content (AvgIpc) is 1.98. The second-order valence-corrected chi connectivity index (χ2v) is 5.60. The summed E-state index contributed by atoms with van der Waals surface area (Å²) in [5.41, 5.74) is 4.93. The number of carbonyl (C=O) groups is 2. The van der Waals surface area contributed by atoms with Gasteiger partial charge in [-0.05, 0) is 11.3 Å². The highest BCUT2D eigenvalue weighted by Crippen LogP contribution is 2.31. The van der Waals surface area contributed by atoms with Crippen molar-refractivity contribution in [2.24, 2.45) is 23.0 Å². The lowest BCUT2D eigenvalue weighted by Gasteiger charge is -2.32. The third-order valence-electron chi connectivity index (χ3n) is 2.55. The van der Waals surface area contributed by atoms with Crippen molar-refractivity contribution < 1.29 is 9.59 Å². The molecule has 1 unspecified atom stereocenters. The summed E-state index contributed by atoms with van der Waals surface area (Å²) in [4.78, 5) is 22.5. The van der Waals surface area contributed by atoms with Crippen LogP contribution in [0.4, 0.5) is 0 Å². The SMILES string of the molecule is CC(C)C(C(=O)NCCC(N)=O)C(C)(C)C. The highest BCUT2D eigenvalue weighted by atomic mass is 16.2. The lowest BCUT2D eigenvalue weighted by atomic mass is 9.74. The fraction of sp³-hybridized carbons (Fsp3) is 0.833. The number of rotatable bonds is 5. The number of nitrogens with two attached hydrogens (primary N) is 1. The van der Waals surface area contributed by atoms with Gasteiger partial charge < -0.3 is 11.1 Å². The van der Waals surface area contributed by atoms with Crippen LogP contribution in [0.3, 0.4) is 0 Å². The number of primary amides is 1. The summed E-state index contributed by atoms with van der Waals surface area (Å²) in [5.74, 6) is -0.171. The molecule has 0 saturated heterocycles. The molecule has 0 aromatic carbocycles. The average molecular weight is 228 g/mol. The van der Waals surface area contributed by atoms with Crippen molar-refractivity contribution in [3.8, 4) is 0 Å². The quantitative estimate of drug-likeness (QED) is 0.744. The van der Waals surface area contributed by atoms with E-state index in [2.05, 4.69) is 5.32 Å². The van der Waals surface area contributed by atoms with E-state index in [1.54, 1.807) is 0 Å². The number of nitrogens with one attached hydrogen (secondary N) is 1. The molecule has 0 radical (unpaired) electrons. The molecule has 0 bridgehead atoms. The molecule has 2 amide bonds. The van der Waals surface area contributed by atoms with Crippen molar-refractivity contribution in [2.75, 3.05) is 6.54 Å². The predicted molar refractivity (Wildman–Crippen MR) is 64.6 cm³/mol. The van der Waals surface area contributed by atoms with Gasteiger partial charge in [-0.15, -0.1) is 0 Å². The Hall–Kier alpha value is -1.06. The van der Waals surface area contributed by atoms with Gasteiger partial charge in [0.25, 0.3) is 0 Å². The van der Waals surface area contributed by atoms with Crippen LogP contribution in [0, 0.1) is 17.3 Å². The minimum Gasteiger partial charge on any atom is -0.370 e. The minimum absolute atomic E-state index is 0.00347. The first kappa shape index (κ1) is 14.9. The Kier molecular flexibility index (Phi) is 5.48. The number of hydrogen-bond acceptors (Lipinski definition) is 2. The molecule has 0 aliphatic rings. The van der Waals surface area contributed by atoms with E-state index in [0.717, 1.165) is 0 Å². The minimum atomic E-state index is -0.392. The summed E-state index contributed by atoms with van der Waals surface area (Å²) in [6.07, 6.45) is 0.195. The van der Waals surface area contributed by atoms with Crippen molar-refractivity contribution in [1.82, 2.24) is 5.32 Å². The maximum atomic E-state index is 11.9. The van der Waals surface area contributed by atoms with E-state index in [9.17, 15) is 9.59 Å². The molecule has 0 heterocycles. The van der Waals surface area contributed by atoms with Crippen LogP contribution in [0.1, 0.15) is 41.0 Å². The van der Waals surface area contributed by atoms with E-state index in [4.69, 9.17) is 5.73 Å². The molecule has 1 atom stereocenters. The van der Waals surface area contributed by atoms with Gasteiger partial charge in [0.05, 0.1) is 0 Å². The van der Waals surface area contributed by atoms with Crippen LogP contribution >= 0.6 is 0 Å². The highest BCUT2D eigenvalue weighted by Gasteiger charge is 2.33. The van der Waals surface area contributed by atoms with Crippen LogP contribution in [0.2, 0.25) is 0 Å². The van der Waals surface area contributed by atoms with Gasteiger partial charge in [0.2, 0.25) is 11.8 Å². The molecule has 0 aromatic heterocycles. The van der Waals surface area contributed by atoms with Crippen LogP contribution in [0.15, 0.2) is 0 Å². The van der Waals surface area contributed by atoms with Crippen molar-refractivity contribution in [2.45, 2.75) is 41.0 Å². The molecule has 0 aliphatic heterocycles. The van der Waals surface area contributed by atoms with Gasteiger partial charge in [-0.2, -0.15) is 0 Å². The Morgan fingerprint density at radius 3 is 2.06 bits per heavy atom. The molecule has 0 aliphatic carbocycles. The summed E-state index contributed by atoms with van der Waals surface area (Å²) in [7, 11) is 0. The number of carbonyl (C=O) groups excluding carboxylic acids is 2. The molecule has 16 heavy (non-hydrogen) atoms. The zero-order chi connectivity index (χ0) is 12.9. The monoisotopic (exact) mass is 228 g/mol. The van der Waals surface area contributed by atoms with Gasteiger partial charge in [0, 0.05) is 18.9 Å². The van der Waals surface area contributed by atoms with Crippen LogP contribution in [-0.4, -0.2) is 18.4 Å². The standard InChI is InChI=1S/C12H24N2O2/c1-8(2)10(12(3,4)5)11(16)14-7-6-9(13)15/h8,10H,6-7H2,1-5H3,(H2,13,15)(H,14,16). The molecular formula is C12H24N2O2. The van der Waals surface area contributed by atoms with Gasteiger partial charge in [-0.25, -0.2) is 0 Å². The van der Waals surface area contributed by atoms with E-state index in [1.165, 1.54) is 0 Å². The summed E-state index contributed by atoms with van der Waals surface area (Å²) >= 11 is 0. The second kappa shape index (κ2) is 5.87. The normalized spacial score (nSPS) is 13.6. The van der Waals surface area contributed by atoms with Gasteiger partial charge >= 0.3 is 0 Å². The third-order valence-corrected chi connectivity index (χ3v) is 2.55. The number of amides is 2. The van der Waals surface area contributed by atoms with Crippen LogP contribution in [-0.2, 0) is 9.59 Å².